The fourth-order valence-electron chi connectivity index (χ4n) is 1.27. The molecule has 0 unspecified atom stereocenters. The second-order valence-electron chi connectivity index (χ2n) is 2.70. The van der Waals surface area contributed by atoms with Gasteiger partial charge in [0.15, 0.2) is 5.13 Å². The van der Waals surface area contributed by atoms with E-state index in [1.165, 1.54) is 12.1 Å². The second kappa shape index (κ2) is 2.97. The molecule has 0 saturated carbocycles. The van der Waals surface area contributed by atoms with Crippen molar-refractivity contribution in [3.05, 3.63) is 28.9 Å². The van der Waals surface area contributed by atoms with Crippen LogP contribution in [0.1, 0.15) is 5.56 Å². The molecule has 2 nitrogen and oxygen atoms in total. The molecule has 2 rings (SSSR count). The van der Waals surface area contributed by atoms with Crippen LogP contribution in [0.15, 0.2) is 18.2 Å². The molecule has 0 aliphatic rings. The summed E-state index contributed by atoms with van der Waals surface area (Å²) in [6, 6.07) is 4.37. The Morgan fingerprint density at radius 3 is 2.85 bits per heavy atom. The Morgan fingerprint density at radius 2 is 2.15 bits per heavy atom. The number of hydrogen-bond acceptors (Lipinski definition) is 3. The molecule has 0 atom stereocenters. The summed E-state index contributed by atoms with van der Waals surface area (Å²) in [6.45, 7) is -0.146. The summed E-state index contributed by atoms with van der Waals surface area (Å²) < 4.78 is 13.3. The molecule has 1 aromatic carbocycles. The molecular formula is C9H7FO2S. The van der Waals surface area contributed by atoms with E-state index < -0.39 is 0 Å². The lowest BCUT2D eigenvalue weighted by Crippen LogP contribution is -1.82. The van der Waals surface area contributed by atoms with Gasteiger partial charge in [0.05, 0.1) is 11.3 Å². The number of thiophene rings is 1. The summed E-state index contributed by atoms with van der Waals surface area (Å²) in [4.78, 5) is 0. The van der Waals surface area contributed by atoms with E-state index in [-0.39, 0.29) is 17.5 Å². The third-order valence-electron chi connectivity index (χ3n) is 1.89. The summed E-state index contributed by atoms with van der Waals surface area (Å²) in [6.07, 6.45) is 0. The number of aromatic hydroxyl groups is 1. The van der Waals surface area contributed by atoms with Gasteiger partial charge in [-0.2, -0.15) is 4.39 Å². The Hall–Kier alpha value is -1.13. The Kier molecular flexibility index (Phi) is 1.94. The molecule has 1 heterocycles. The highest BCUT2D eigenvalue weighted by Crippen LogP contribution is 2.34. The molecule has 0 radical (unpaired) electrons. The molecule has 2 aromatic rings. The van der Waals surface area contributed by atoms with Crippen molar-refractivity contribution in [1.82, 2.24) is 0 Å². The number of rotatable bonds is 1. The first-order chi connectivity index (χ1) is 6.22. The van der Waals surface area contributed by atoms with E-state index in [4.69, 9.17) is 5.11 Å². The van der Waals surface area contributed by atoms with Crippen molar-refractivity contribution >= 4 is 21.4 Å². The first-order valence-electron chi connectivity index (χ1n) is 3.73. The van der Waals surface area contributed by atoms with Gasteiger partial charge in [-0.1, -0.05) is 6.07 Å². The van der Waals surface area contributed by atoms with Crippen molar-refractivity contribution in [2.45, 2.75) is 6.61 Å². The van der Waals surface area contributed by atoms with Crippen LogP contribution in [0, 0.1) is 5.13 Å². The molecule has 0 amide bonds. The lowest BCUT2D eigenvalue weighted by molar-refractivity contribution is 0.283. The van der Waals surface area contributed by atoms with Gasteiger partial charge >= 0.3 is 0 Å². The summed E-state index contributed by atoms with van der Waals surface area (Å²) in [5.74, 6) is 0.0566. The predicted octanol–water partition coefficient (Wildman–Crippen LogP) is 2.24. The van der Waals surface area contributed by atoms with Crippen LogP contribution in [0.25, 0.3) is 10.1 Å². The van der Waals surface area contributed by atoms with Gasteiger partial charge in [-0.15, -0.1) is 11.3 Å². The van der Waals surface area contributed by atoms with Crippen LogP contribution < -0.4 is 0 Å². The van der Waals surface area contributed by atoms with Gasteiger partial charge in [0.2, 0.25) is 0 Å². The van der Waals surface area contributed by atoms with Crippen LogP contribution in [0.4, 0.5) is 4.39 Å². The monoisotopic (exact) mass is 198 g/mol. The standard InChI is InChI=1S/C9H7FO2S/c10-8-3-6-5(4-11)1-2-7(12)9(6)13-8/h1-3,11-12H,4H2. The molecule has 2 N–H and O–H groups in total. The molecule has 68 valence electrons. The maximum Gasteiger partial charge on any atom is 0.177 e. The molecule has 0 spiro atoms. The highest BCUT2D eigenvalue weighted by Gasteiger charge is 2.08. The third-order valence-corrected chi connectivity index (χ3v) is 2.84. The first kappa shape index (κ1) is 8.47. The number of aliphatic hydroxyl groups is 1. The minimum absolute atomic E-state index is 0.0566. The van der Waals surface area contributed by atoms with E-state index >= 15 is 0 Å². The van der Waals surface area contributed by atoms with Gasteiger partial charge in [0, 0.05) is 5.39 Å². The van der Waals surface area contributed by atoms with Gasteiger partial charge in [0.25, 0.3) is 0 Å². The zero-order valence-corrected chi connectivity index (χ0v) is 7.44. The van der Waals surface area contributed by atoms with E-state index in [1.807, 2.05) is 0 Å². The van der Waals surface area contributed by atoms with Crippen LogP contribution in [0.2, 0.25) is 0 Å². The van der Waals surface area contributed by atoms with Gasteiger partial charge in [0.1, 0.15) is 5.75 Å². The minimum Gasteiger partial charge on any atom is -0.506 e. The zero-order valence-electron chi connectivity index (χ0n) is 6.62. The third kappa shape index (κ3) is 1.28. The van der Waals surface area contributed by atoms with Crippen molar-refractivity contribution in [3.8, 4) is 5.75 Å². The summed E-state index contributed by atoms with van der Waals surface area (Å²) >= 11 is 0.881. The van der Waals surface area contributed by atoms with Crippen LogP contribution in [-0.2, 0) is 6.61 Å². The van der Waals surface area contributed by atoms with Crippen LogP contribution in [-0.4, -0.2) is 10.2 Å². The van der Waals surface area contributed by atoms with Crippen molar-refractivity contribution in [1.29, 1.82) is 0 Å². The van der Waals surface area contributed by atoms with E-state index in [0.717, 1.165) is 11.3 Å². The average Bonchev–Trinajstić information content (AvgIpc) is 2.48. The summed E-state index contributed by atoms with van der Waals surface area (Å²) in [5, 5.41) is 18.5. The number of benzene rings is 1. The van der Waals surface area contributed by atoms with Gasteiger partial charge < -0.3 is 10.2 Å². The van der Waals surface area contributed by atoms with Crippen molar-refractivity contribution in [2.24, 2.45) is 0 Å². The SMILES string of the molecule is OCc1ccc(O)c2sc(F)cc12. The highest BCUT2D eigenvalue weighted by atomic mass is 32.1. The minimum atomic E-state index is -0.355. The number of phenols is 1. The van der Waals surface area contributed by atoms with E-state index in [1.54, 1.807) is 6.07 Å². The fraction of sp³-hybridized carbons (Fsp3) is 0.111. The lowest BCUT2D eigenvalue weighted by Gasteiger charge is -1.99. The van der Waals surface area contributed by atoms with Crippen molar-refractivity contribution in [3.63, 3.8) is 0 Å². The number of halogens is 1. The molecule has 0 bridgehead atoms. The quantitative estimate of drug-likeness (QED) is 0.737. The van der Waals surface area contributed by atoms with E-state index in [2.05, 4.69) is 0 Å². The van der Waals surface area contributed by atoms with Crippen LogP contribution in [0.5, 0.6) is 5.75 Å². The van der Waals surface area contributed by atoms with Crippen LogP contribution in [0.3, 0.4) is 0 Å². The molecule has 0 saturated heterocycles. The number of fused-ring (bicyclic) bond motifs is 1. The summed E-state index contributed by atoms with van der Waals surface area (Å²) in [7, 11) is 0. The largest absolute Gasteiger partial charge is 0.506 e. The number of aliphatic hydroxyl groups excluding tert-OH is 1. The lowest BCUT2D eigenvalue weighted by atomic mass is 10.1. The molecule has 0 aliphatic carbocycles. The Labute approximate surface area is 77.9 Å². The molecule has 0 fully saturated rings. The zero-order chi connectivity index (χ0) is 9.42. The fourth-order valence-corrected chi connectivity index (χ4v) is 2.12. The van der Waals surface area contributed by atoms with Gasteiger partial charge in [-0.3, -0.25) is 0 Å². The Balaban J connectivity index is 2.83. The van der Waals surface area contributed by atoms with E-state index in [9.17, 15) is 9.50 Å². The normalized spacial score (nSPS) is 10.9. The molecular weight excluding hydrogens is 191 g/mol. The van der Waals surface area contributed by atoms with Crippen molar-refractivity contribution in [2.75, 3.05) is 0 Å². The molecule has 4 heteroatoms. The number of phenolic OH excluding ortho intramolecular Hbond substituents is 1. The molecule has 13 heavy (non-hydrogen) atoms. The Morgan fingerprint density at radius 1 is 1.38 bits per heavy atom. The topological polar surface area (TPSA) is 40.5 Å². The van der Waals surface area contributed by atoms with Crippen molar-refractivity contribution < 1.29 is 14.6 Å². The molecule has 1 aromatic heterocycles. The van der Waals surface area contributed by atoms with Gasteiger partial charge in [-0.25, -0.2) is 0 Å². The maximum absolute atomic E-state index is 12.8. The smallest absolute Gasteiger partial charge is 0.177 e. The maximum atomic E-state index is 12.8. The van der Waals surface area contributed by atoms with E-state index in [0.29, 0.717) is 15.6 Å². The van der Waals surface area contributed by atoms with Gasteiger partial charge in [-0.05, 0) is 17.7 Å². The predicted molar refractivity (Wildman–Crippen MR) is 49.4 cm³/mol. The second-order valence-corrected chi connectivity index (χ2v) is 3.70. The van der Waals surface area contributed by atoms with Crippen LogP contribution >= 0.6 is 11.3 Å². The molecule has 0 aliphatic heterocycles. The average molecular weight is 198 g/mol. The first-order valence-corrected chi connectivity index (χ1v) is 4.55. The summed E-state index contributed by atoms with van der Waals surface area (Å²) in [5.41, 5.74) is 0.632. The highest BCUT2D eigenvalue weighted by molar-refractivity contribution is 7.17. The number of hydrogen-bond donors (Lipinski definition) is 2. The Bertz CT molecular complexity index is 450.